The van der Waals surface area contributed by atoms with Gasteiger partial charge in [0, 0.05) is 37.8 Å². The topological polar surface area (TPSA) is 68.8 Å². The second kappa shape index (κ2) is 5.75. The molecule has 0 fully saturated rings. The Balaban J connectivity index is 2.20. The lowest BCUT2D eigenvalue weighted by molar-refractivity contribution is 0.521. The second-order valence-corrected chi connectivity index (χ2v) is 4.35. The van der Waals surface area contributed by atoms with Crippen molar-refractivity contribution >= 4 is 0 Å². The van der Waals surface area contributed by atoms with Gasteiger partial charge >= 0.3 is 0 Å². The van der Waals surface area contributed by atoms with E-state index in [1.165, 1.54) is 0 Å². The zero-order chi connectivity index (χ0) is 13.0. The molecule has 0 spiro atoms. The summed E-state index contributed by atoms with van der Waals surface area (Å²) in [5, 5.41) is 0. The van der Waals surface area contributed by atoms with Gasteiger partial charge in [0.25, 0.3) is 0 Å². The molecule has 96 valence electrons. The number of pyridine rings is 1. The van der Waals surface area contributed by atoms with Gasteiger partial charge in [-0.1, -0.05) is 6.07 Å². The quantitative estimate of drug-likeness (QED) is 0.616. The average Bonchev–Trinajstić information content (AvgIpc) is 2.83. The molecule has 2 rings (SSSR count). The first-order valence-electron chi connectivity index (χ1n) is 6.12. The Hall–Kier alpha value is -1.72. The Morgan fingerprint density at radius 2 is 2.28 bits per heavy atom. The molecule has 2 aromatic heterocycles. The van der Waals surface area contributed by atoms with Gasteiger partial charge in [-0.15, -0.1) is 0 Å². The van der Waals surface area contributed by atoms with Crippen LogP contribution in [0.2, 0.25) is 0 Å². The number of nitrogens with two attached hydrogens (primary N) is 1. The summed E-state index contributed by atoms with van der Waals surface area (Å²) in [7, 11) is 0. The van der Waals surface area contributed by atoms with Gasteiger partial charge in [-0.05, 0) is 25.0 Å². The summed E-state index contributed by atoms with van der Waals surface area (Å²) in [6.07, 6.45) is 8.24. The summed E-state index contributed by atoms with van der Waals surface area (Å²) in [6.45, 7) is 5.04. The lowest BCUT2D eigenvalue weighted by atomic mass is 10.0. The smallest absolute Gasteiger partial charge is 0.110 e. The van der Waals surface area contributed by atoms with Gasteiger partial charge in [0.2, 0.25) is 0 Å². The van der Waals surface area contributed by atoms with E-state index >= 15 is 0 Å². The normalized spacial score (nSPS) is 12.6. The van der Waals surface area contributed by atoms with Crippen LogP contribution in [0.1, 0.15) is 29.9 Å². The Morgan fingerprint density at radius 1 is 1.44 bits per heavy atom. The van der Waals surface area contributed by atoms with E-state index in [1.807, 2.05) is 31.7 Å². The van der Waals surface area contributed by atoms with Crippen molar-refractivity contribution in [3.8, 4) is 0 Å². The Morgan fingerprint density at radius 3 is 2.94 bits per heavy atom. The molecule has 18 heavy (non-hydrogen) atoms. The molecule has 1 atom stereocenters. The summed E-state index contributed by atoms with van der Waals surface area (Å²) in [4.78, 5) is 8.57. The average molecular weight is 245 g/mol. The first-order valence-corrected chi connectivity index (χ1v) is 6.12. The molecule has 5 heteroatoms. The highest BCUT2D eigenvalue weighted by Crippen LogP contribution is 2.17. The third kappa shape index (κ3) is 2.75. The highest BCUT2D eigenvalue weighted by molar-refractivity contribution is 5.21. The third-order valence-electron chi connectivity index (χ3n) is 3.03. The van der Waals surface area contributed by atoms with Gasteiger partial charge in [0.05, 0.1) is 6.04 Å². The summed E-state index contributed by atoms with van der Waals surface area (Å²) in [5.74, 6) is 6.68. The van der Waals surface area contributed by atoms with Crippen LogP contribution in [0.3, 0.4) is 0 Å². The number of aryl methyl sites for hydroxylation is 2. The first kappa shape index (κ1) is 12.7. The van der Waals surface area contributed by atoms with E-state index in [4.69, 9.17) is 5.84 Å². The molecule has 0 saturated heterocycles. The van der Waals surface area contributed by atoms with E-state index in [0.717, 1.165) is 29.9 Å². The fourth-order valence-electron chi connectivity index (χ4n) is 2.04. The molecule has 0 aliphatic heterocycles. The summed E-state index contributed by atoms with van der Waals surface area (Å²) < 4.78 is 2.12. The minimum absolute atomic E-state index is 0.0325. The minimum atomic E-state index is 0.0325. The van der Waals surface area contributed by atoms with E-state index in [0.29, 0.717) is 0 Å². The molecule has 1 unspecified atom stereocenters. The minimum Gasteiger partial charge on any atom is -0.335 e. The monoisotopic (exact) mass is 245 g/mol. The number of hydrogen-bond acceptors (Lipinski definition) is 4. The molecule has 2 heterocycles. The van der Waals surface area contributed by atoms with Crippen LogP contribution in [-0.2, 0) is 13.0 Å². The number of aromatic nitrogens is 3. The Bertz CT molecular complexity index is 506. The summed E-state index contributed by atoms with van der Waals surface area (Å²) >= 11 is 0. The zero-order valence-electron chi connectivity index (χ0n) is 10.8. The molecule has 2 aromatic rings. The van der Waals surface area contributed by atoms with Gasteiger partial charge in [-0.3, -0.25) is 16.3 Å². The maximum Gasteiger partial charge on any atom is 0.110 e. The Labute approximate surface area is 107 Å². The van der Waals surface area contributed by atoms with Crippen LogP contribution in [0.5, 0.6) is 0 Å². The van der Waals surface area contributed by atoms with Crippen LogP contribution in [0.15, 0.2) is 30.9 Å². The predicted octanol–water partition coefficient (Wildman–Crippen LogP) is 1.35. The number of nitrogens with one attached hydrogen (secondary N) is 1. The van der Waals surface area contributed by atoms with Gasteiger partial charge < -0.3 is 4.57 Å². The van der Waals surface area contributed by atoms with E-state index < -0.39 is 0 Å². The second-order valence-electron chi connectivity index (χ2n) is 4.35. The number of nitrogens with zero attached hydrogens (tertiary/aromatic N) is 3. The zero-order valence-corrected chi connectivity index (χ0v) is 10.8. The van der Waals surface area contributed by atoms with Gasteiger partial charge in [0.15, 0.2) is 0 Å². The lowest BCUT2D eigenvalue weighted by Gasteiger charge is -2.16. The lowest BCUT2D eigenvalue weighted by Crippen LogP contribution is -2.30. The predicted molar refractivity (Wildman–Crippen MR) is 70.6 cm³/mol. The maximum absolute atomic E-state index is 5.65. The molecule has 0 saturated carbocycles. The largest absolute Gasteiger partial charge is 0.335 e. The van der Waals surface area contributed by atoms with Crippen molar-refractivity contribution in [1.82, 2.24) is 20.0 Å². The van der Waals surface area contributed by atoms with Crippen LogP contribution in [-0.4, -0.2) is 14.5 Å². The van der Waals surface area contributed by atoms with Crippen molar-refractivity contribution in [3.05, 3.63) is 47.8 Å². The van der Waals surface area contributed by atoms with Crippen LogP contribution < -0.4 is 11.3 Å². The van der Waals surface area contributed by atoms with E-state index in [2.05, 4.69) is 33.0 Å². The standard InChI is InChI=1S/C13H19N5/c1-3-18-5-4-16-13(18)7-12(17-14)11-6-10(2)8-15-9-11/h4-6,8-9,12,17H,3,7,14H2,1-2H3. The molecule has 5 nitrogen and oxygen atoms in total. The van der Waals surface area contributed by atoms with Crippen molar-refractivity contribution in [2.75, 3.05) is 0 Å². The van der Waals surface area contributed by atoms with Crippen LogP contribution in [0, 0.1) is 6.92 Å². The molecule has 0 aliphatic carbocycles. The number of rotatable bonds is 5. The number of hydrazine groups is 1. The molecule has 0 aliphatic rings. The van der Waals surface area contributed by atoms with Crippen molar-refractivity contribution in [2.24, 2.45) is 5.84 Å². The Kier molecular flexibility index (Phi) is 4.07. The fourth-order valence-corrected chi connectivity index (χ4v) is 2.04. The van der Waals surface area contributed by atoms with Crippen molar-refractivity contribution < 1.29 is 0 Å². The molecule has 0 radical (unpaired) electrons. The van der Waals surface area contributed by atoms with Crippen LogP contribution in [0.4, 0.5) is 0 Å². The van der Waals surface area contributed by atoms with Crippen molar-refractivity contribution in [3.63, 3.8) is 0 Å². The number of imidazole rings is 1. The van der Waals surface area contributed by atoms with Crippen molar-refractivity contribution in [1.29, 1.82) is 0 Å². The highest BCUT2D eigenvalue weighted by Gasteiger charge is 2.14. The van der Waals surface area contributed by atoms with Crippen LogP contribution in [0.25, 0.3) is 0 Å². The van der Waals surface area contributed by atoms with E-state index in [-0.39, 0.29) is 6.04 Å². The fraction of sp³-hybridized carbons (Fsp3) is 0.385. The molecule has 0 amide bonds. The molecular formula is C13H19N5. The highest BCUT2D eigenvalue weighted by atomic mass is 15.2. The molecular weight excluding hydrogens is 226 g/mol. The van der Waals surface area contributed by atoms with Crippen LogP contribution >= 0.6 is 0 Å². The molecule has 0 aromatic carbocycles. The first-order chi connectivity index (χ1) is 8.74. The van der Waals surface area contributed by atoms with E-state index in [1.54, 1.807) is 0 Å². The molecule has 3 N–H and O–H groups in total. The van der Waals surface area contributed by atoms with Gasteiger partial charge in [0.1, 0.15) is 5.82 Å². The van der Waals surface area contributed by atoms with Crippen molar-refractivity contribution in [2.45, 2.75) is 32.9 Å². The van der Waals surface area contributed by atoms with Gasteiger partial charge in [-0.25, -0.2) is 4.98 Å². The summed E-state index contributed by atoms with van der Waals surface area (Å²) in [5.41, 5.74) is 5.06. The maximum atomic E-state index is 5.65. The SMILES string of the molecule is CCn1ccnc1CC(NN)c1cncc(C)c1. The van der Waals surface area contributed by atoms with Gasteiger partial charge in [-0.2, -0.15) is 0 Å². The number of hydrogen-bond donors (Lipinski definition) is 2. The molecule has 0 bridgehead atoms. The summed E-state index contributed by atoms with van der Waals surface area (Å²) in [6, 6.07) is 2.13. The van der Waals surface area contributed by atoms with E-state index in [9.17, 15) is 0 Å². The third-order valence-corrected chi connectivity index (χ3v) is 3.03.